The summed E-state index contributed by atoms with van der Waals surface area (Å²) >= 11 is 0. The summed E-state index contributed by atoms with van der Waals surface area (Å²) in [5.74, 6) is 0.445. The highest BCUT2D eigenvalue weighted by Gasteiger charge is 2.35. The molecule has 1 saturated heterocycles. The van der Waals surface area contributed by atoms with E-state index >= 15 is 0 Å². The van der Waals surface area contributed by atoms with Gasteiger partial charge in [-0.1, -0.05) is 20.3 Å². The molecule has 2 rings (SSSR count). The number of carbonyl (C=O) groups is 1. The molecule has 0 aromatic rings. The lowest BCUT2D eigenvalue weighted by Gasteiger charge is -2.46. The van der Waals surface area contributed by atoms with Crippen LogP contribution in [0.5, 0.6) is 0 Å². The van der Waals surface area contributed by atoms with Crippen molar-refractivity contribution in [2.45, 2.75) is 64.6 Å². The van der Waals surface area contributed by atoms with Crippen molar-refractivity contribution in [3.05, 3.63) is 0 Å². The molecule has 4 nitrogen and oxygen atoms in total. The van der Waals surface area contributed by atoms with Gasteiger partial charge in [0.15, 0.2) is 0 Å². The second-order valence-corrected chi connectivity index (χ2v) is 6.64. The van der Waals surface area contributed by atoms with Crippen molar-refractivity contribution >= 4 is 5.91 Å². The molecule has 1 aliphatic heterocycles. The molecular weight excluding hydrogens is 240 g/mol. The minimum atomic E-state index is -0.290. The summed E-state index contributed by atoms with van der Waals surface area (Å²) in [6.45, 7) is 7.65. The van der Waals surface area contributed by atoms with E-state index in [9.17, 15) is 9.90 Å². The molecule has 0 radical (unpaired) electrons. The fraction of sp³-hybridized carbons (Fsp3) is 0.933. The van der Waals surface area contributed by atoms with Gasteiger partial charge in [0.05, 0.1) is 6.10 Å². The van der Waals surface area contributed by atoms with E-state index in [1.165, 1.54) is 19.3 Å². The number of aliphatic hydroxyl groups excluding tert-OH is 1. The van der Waals surface area contributed by atoms with Crippen LogP contribution in [0.3, 0.4) is 0 Å². The average Bonchev–Trinajstić information content (AvgIpc) is 2.25. The molecule has 1 saturated carbocycles. The summed E-state index contributed by atoms with van der Waals surface area (Å²) in [6.07, 6.45) is 4.48. The molecule has 2 fully saturated rings. The Balaban J connectivity index is 1.95. The number of aliphatic hydroxyl groups is 1. The zero-order chi connectivity index (χ0) is 14.0. The third-order valence-electron chi connectivity index (χ3n) is 4.66. The van der Waals surface area contributed by atoms with Gasteiger partial charge in [-0.2, -0.15) is 0 Å². The van der Waals surface area contributed by atoms with E-state index in [1.807, 2.05) is 20.8 Å². The maximum atomic E-state index is 11.9. The molecule has 0 bridgehead atoms. The number of likely N-dealkylation sites (tertiary alicyclic amines) is 1. The average molecular weight is 268 g/mol. The molecule has 1 amide bonds. The highest BCUT2D eigenvalue weighted by molar-refractivity contribution is 5.78. The van der Waals surface area contributed by atoms with Crippen LogP contribution in [0.1, 0.15) is 46.5 Å². The summed E-state index contributed by atoms with van der Waals surface area (Å²) in [7, 11) is 0. The standard InChI is InChI=1S/C15H28N2O2/c1-10(2)15(19)16-13-7-12(11(3)18)8-17(9-13)14-5-4-6-14/h10-14,18H,4-9H2,1-3H3,(H,16,19). The molecule has 3 unspecified atom stereocenters. The second-order valence-electron chi connectivity index (χ2n) is 6.64. The number of hydrogen-bond acceptors (Lipinski definition) is 3. The lowest BCUT2D eigenvalue weighted by atomic mass is 9.84. The first-order valence-corrected chi connectivity index (χ1v) is 7.70. The van der Waals surface area contributed by atoms with Crippen LogP contribution in [-0.4, -0.2) is 47.2 Å². The van der Waals surface area contributed by atoms with Crippen molar-refractivity contribution < 1.29 is 9.90 Å². The van der Waals surface area contributed by atoms with Crippen LogP contribution < -0.4 is 5.32 Å². The van der Waals surface area contributed by atoms with Gasteiger partial charge in [0.1, 0.15) is 0 Å². The van der Waals surface area contributed by atoms with Crippen molar-refractivity contribution in [3.63, 3.8) is 0 Å². The highest BCUT2D eigenvalue weighted by Crippen LogP contribution is 2.30. The third kappa shape index (κ3) is 3.69. The number of amides is 1. The van der Waals surface area contributed by atoms with Gasteiger partial charge in [0, 0.05) is 31.1 Å². The Morgan fingerprint density at radius 1 is 1.26 bits per heavy atom. The van der Waals surface area contributed by atoms with Crippen molar-refractivity contribution in [3.8, 4) is 0 Å². The Kier molecular flexibility index (Phi) is 4.85. The molecule has 4 heteroatoms. The maximum Gasteiger partial charge on any atom is 0.222 e. The Labute approximate surface area is 116 Å². The topological polar surface area (TPSA) is 52.6 Å². The van der Waals surface area contributed by atoms with Crippen LogP contribution in [0.25, 0.3) is 0 Å². The molecule has 19 heavy (non-hydrogen) atoms. The van der Waals surface area contributed by atoms with Crippen LogP contribution in [0, 0.1) is 11.8 Å². The smallest absolute Gasteiger partial charge is 0.222 e. The molecule has 2 N–H and O–H groups in total. The molecule has 0 spiro atoms. The first-order valence-electron chi connectivity index (χ1n) is 7.70. The molecule has 2 aliphatic rings. The third-order valence-corrected chi connectivity index (χ3v) is 4.66. The van der Waals surface area contributed by atoms with Crippen LogP contribution in [0.15, 0.2) is 0 Å². The summed E-state index contributed by atoms with van der Waals surface area (Å²) in [4.78, 5) is 14.3. The van der Waals surface area contributed by atoms with E-state index in [4.69, 9.17) is 0 Å². The molecule has 3 atom stereocenters. The van der Waals surface area contributed by atoms with Gasteiger partial charge < -0.3 is 10.4 Å². The fourth-order valence-electron chi connectivity index (χ4n) is 3.05. The largest absolute Gasteiger partial charge is 0.393 e. The molecule has 1 heterocycles. The van der Waals surface area contributed by atoms with E-state index in [0.717, 1.165) is 19.5 Å². The van der Waals surface area contributed by atoms with Gasteiger partial charge in [0.25, 0.3) is 0 Å². The van der Waals surface area contributed by atoms with Gasteiger partial charge in [0.2, 0.25) is 5.91 Å². The summed E-state index contributed by atoms with van der Waals surface area (Å²) < 4.78 is 0. The van der Waals surface area contributed by atoms with Crippen molar-refractivity contribution in [1.82, 2.24) is 10.2 Å². The molecule has 0 aromatic heterocycles. The summed E-state index contributed by atoms with van der Waals surface area (Å²) in [5, 5.41) is 13.0. The van der Waals surface area contributed by atoms with Gasteiger partial charge in [-0.05, 0) is 32.1 Å². The lowest BCUT2D eigenvalue weighted by molar-refractivity contribution is -0.125. The fourth-order valence-corrected chi connectivity index (χ4v) is 3.05. The van der Waals surface area contributed by atoms with Crippen LogP contribution >= 0.6 is 0 Å². The zero-order valence-corrected chi connectivity index (χ0v) is 12.4. The SMILES string of the molecule is CC(C)C(=O)NC1CC(C(C)O)CN(C2CCC2)C1. The predicted molar refractivity (Wildman–Crippen MR) is 75.8 cm³/mol. The predicted octanol–water partition coefficient (Wildman–Crippen LogP) is 1.38. The van der Waals surface area contributed by atoms with E-state index in [0.29, 0.717) is 6.04 Å². The minimum absolute atomic E-state index is 0.0316. The monoisotopic (exact) mass is 268 g/mol. The quantitative estimate of drug-likeness (QED) is 0.810. The van der Waals surface area contributed by atoms with Crippen molar-refractivity contribution in [2.75, 3.05) is 13.1 Å². The highest BCUT2D eigenvalue weighted by atomic mass is 16.3. The second kappa shape index (κ2) is 6.23. The number of nitrogens with zero attached hydrogens (tertiary/aromatic N) is 1. The number of rotatable bonds is 4. The zero-order valence-electron chi connectivity index (χ0n) is 12.4. The first kappa shape index (κ1) is 14.8. The van der Waals surface area contributed by atoms with Gasteiger partial charge in [-0.3, -0.25) is 9.69 Å². The molecule has 1 aliphatic carbocycles. The molecular formula is C15H28N2O2. The number of hydrogen-bond donors (Lipinski definition) is 2. The van der Waals surface area contributed by atoms with Crippen LogP contribution in [-0.2, 0) is 4.79 Å². The minimum Gasteiger partial charge on any atom is -0.393 e. The number of carbonyl (C=O) groups excluding carboxylic acids is 1. The van der Waals surface area contributed by atoms with Gasteiger partial charge >= 0.3 is 0 Å². The van der Waals surface area contributed by atoms with Gasteiger partial charge in [-0.15, -0.1) is 0 Å². The number of piperidine rings is 1. The van der Waals surface area contributed by atoms with E-state index < -0.39 is 0 Å². The normalized spacial score (nSPS) is 31.0. The van der Waals surface area contributed by atoms with E-state index in [-0.39, 0.29) is 29.9 Å². The molecule has 0 aromatic carbocycles. The lowest BCUT2D eigenvalue weighted by Crippen LogP contribution is -2.57. The van der Waals surface area contributed by atoms with Gasteiger partial charge in [-0.25, -0.2) is 0 Å². The first-order chi connectivity index (χ1) is 8.97. The Morgan fingerprint density at radius 2 is 1.95 bits per heavy atom. The molecule has 110 valence electrons. The van der Waals surface area contributed by atoms with E-state index in [1.54, 1.807) is 0 Å². The van der Waals surface area contributed by atoms with Crippen molar-refractivity contribution in [2.24, 2.45) is 11.8 Å². The summed E-state index contributed by atoms with van der Waals surface area (Å²) in [6, 6.07) is 0.879. The Hall–Kier alpha value is -0.610. The Morgan fingerprint density at radius 3 is 2.42 bits per heavy atom. The maximum absolute atomic E-state index is 11.9. The van der Waals surface area contributed by atoms with E-state index in [2.05, 4.69) is 10.2 Å². The Bertz CT molecular complexity index is 313. The van der Waals surface area contributed by atoms with Crippen molar-refractivity contribution in [1.29, 1.82) is 0 Å². The number of nitrogens with one attached hydrogen (secondary N) is 1. The van der Waals surface area contributed by atoms with Crippen LogP contribution in [0.2, 0.25) is 0 Å². The van der Waals surface area contributed by atoms with Crippen LogP contribution in [0.4, 0.5) is 0 Å². The summed E-state index contributed by atoms with van der Waals surface area (Å²) in [5.41, 5.74) is 0.